The average molecular weight is 443 g/mol. The van der Waals surface area contributed by atoms with Crippen LogP contribution >= 0.6 is 31.9 Å². The van der Waals surface area contributed by atoms with Crippen molar-refractivity contribution in [3.8, 4) is 11.4 Å². The number of imide groups is 1. The first-order valence-corrected chi connectivity index (χ1v) is 7.88. The van der Waals surface area contributed by atoms with E-state index in [0.717, 1.165) is 15.1 Å². The minimum Gasteiger partial charge on any atom is -0.494 e. The summed E-state index contributed by atoms with van der Waals surface area (Å²) in [6.45, 7) is 0. The van der Waals surface area contributed by atoms with E-state index in [4.69, 9.17) is 10.5 Å². The van der Waals surface area contributed by atoms with Gasteiger partial charge in [-0.15, -0.1) is 0 Å². The molecule has 0 fully saturated rings. The molecular formula is C14H9Br2N3O4. The highest BCUT2D eigenvalue weighted by Gasteiger charge is 2.32. The summed E-state index contributed by atoms with van der Waals surface area (Å²) in [5.41, 5.74) is 5.76. The van der Waals surface area contributed by atoms with E-state index >= 15 is 0 Å². The number of fused-ring (bicyclic) bond motifs is 1. The van der Waals surface area contributed by atoms with Crippen molar-refractivity contribution in [2.24, 2.45) is 0 Å². The first-order valence-electron chi connectivity index (χ1n) is 6.29. The Morgan fingerprint density at radius 1 is 1.13 bits per heavy atom. The van der Waals surface area contributed by atoms with Gasteiger partial charge in [0.15, 0.2) is 0 Å². The third-order valence-corrected chi connectivity index (χ3v) is 4.45. The molecule has 2 heterocycles. The second-order valence-corrected chi connectivity index (χ2v) is 6.48. The van der Waals surface area contributed by atoms with Crippen LogP contribution in [0.4, 0.5) is 5.82 Å². The summed E-state index contributed by atoms with van der Waals surface area (Å²) in [5, 5.41) is 2.12. The summed E-state index contributed by atoms with van der Waals surface area (Å²) in [7, 11) is 1.45. The highest BCUT2D eigenvalue weighted by Crippen LogP contribution is 2.36. The van der Waals surface area contributed by atoms with Gasteiger partial charge in [0.1, 0.15) is 17.3 Å². The first-order chi connectivity index (χ1) is 10.8. The zero-order valence-electron chi connectivity index (χ0n) is 11.6. The monoisotopic (exact) mass is 441 g/mol. The summed E-state index contributed by atoms with van der Waals surface area (Å²) < 4.78 is 7.68. The molecule has 9 heteroatoms. The number of carbonyl (C=O) groups excluding carboxylic acids is 2. The van der Waals surface area contributed by atoms with Gasteiger partial charge in [-0.1, -0.05) is 15.9 Å². The van der Waals surface area contributed by atoms with Gasteiger partial charge in [0, 0.05) is 15.0 Å². The van der Waals surface area contributed by atoms with E-state index in [1.807, 2.05) is 0 Å². The van der Waals surface area contributed by atoms with Gasteiger partial charge in [-0.3, -0.25) is 24.3 Å². The van der Waals surface area contributed by atoms with Crippen molar-refractivity contribution in [1.82, 2.24) is 9.88 Å². The molecule has 2 amide bonds. The first kappa shape index (κ1) is 15.8. The van der Waals surface area contributed by atoms with E-state index in [-0.39, 0.29) is 16.9 Å². The molecule has 0 atom stereocenters. The van der Waals surface area contributed by atoms with E-state index in [2.05, 4.69) is 37.2 Å². The Morgan fingerprint density at radius 2 is 1.83 bits per heavy atom. The van der Waals surface area contributed by atoms with E-state index < -0.39 is 17.4 Å². The van der Waals surface area contributed by atoms with Gasteiger partial charge in [0.05, 0.1) is 18.2 Å². The van der Waals surface area contributed by atoms with Crippen LogP contribution in [0.2, 0.25) is 0 Å². The molecule has 0 unspecified atom stereocenters. The van der Waals surface area contributed by atoms with Gasteiger partial charge in [0.25, 0.3) is 17.4 Å². The Bertz CT molecular complexity index is 937. The number of hydrogen-bond acceptors (Lipinski definition) is 5. The molecule has 0 saturated carbocycles. The predicted octanol–water partition coefficient (Wildman–Crippen LogP) is 1.84. The van der Waals surface area contributed by atoms with Gasteiger partial charge in [-0.25, -0.2) is 0 Å². The number of ether oxygens (including phenoxy) is 1. The van der Waals surface area contributed by atoms with Crippen molar-refractivity contribution in [2.45, 2.75) is 0 Å². The van der Waals surface area contributed by atoms with Crippen molar-refractivity contribution in [2.75, 3.05) is 12.8 Å². The maximum absolute atomic E-state index is 12.5. The maximum atomic E-state index is 12.5. The number of amides is 2. The number of rotatable bonds is 2. The smallest absolute Gasteiger partial charge is 0.262 e. The lowest BCUT2D eigenvalue weighted by molar-refractivity contribution is 0.0880. The molecule has 0 spiro atoms. The van der Waals surface area contributed by atoms with Crippen LogP contribution in [0.1, 0.15) is 20.7 Å². The molecule has 3 N–H and O–H groups in total. The van der Waals surface area contributed by atoms with E-state index in [0.29, 0.717) is 15.9 Å². The van der Waals surface area contributed by atoms with Gasteiger partial charge < -0.3 is 10.5 Å². The molecule has 3 rings (SSSR count). The number of pyridine rings is 1. The molecule has 23 heavy (non-hydrogen) atoms. The molecule has 1 aromatic carbocycles. The Hall–Kier alpha value is -2.13. The fourth-order valence-electron chi connectivity index (χ4n) is 2.42. The van der Waals surface area contributed by atoms with Crippen LogP contribution in [0, 0.1) is 0 Å². The second-order valence-electron chi connectivity index (χ2n) is 4.71. The summed E-state index contributed by atoms with van der Waals surface area (Å²) in [6.07, 6.45) is 0. The number of nitrogens with zero attached hydrogens (tertiary/aromatic N) is 1. The minimum atomic E-state index is -0.636. The number of nitrogen functional groups attached to an aromatic ring is 1. The summed E-state index contributed by atoms with van der Waals surface area (Å²) in [4.78, 5) is 36.1. The highest BCUT2D eigenvalue weighted by atomic mass is 79.9. The Balaban J connectivity index is 2.41. The van der Waals surface area contributed by atoms with Crippen molar-refractivity contribution in [1.29, 1.82) is 0 Å². The van der Waals surface area contributed by atoms with Crippen molar-refractivity contribution >= 4 is 49.5 Å². The van der Waals surface area contributed by atoms with E-state index in [1.54, 1.807) is 12.1 Å². The number of nitrogens with one attached hydrogen (secondary N) is 1. The summed E-state index contributed by atoms with van der Waals surface area (Å²) >= 11 is 6.69. The summed E-state index contributed by atoms with van der Waals surface area (Å²) in [6, 6.07) is 4.45. The van der Waals surface area contributed by atoms with Crippen LogP contribution in [0.15, 0.2) is 31.9 Å². The third kappa shape index (κ3) is 2.36. The molecule has 1 aromatic heterocycles. The molecule has 7 nitrogen and oxygen atoms in total. The zero-order chi connectivity index (χ0) is 16.9. The van der Waals surface area contributed by atoms with Crippen molar-refractivity contribution in [3.63, 3.8) is 0 Å². The Kier molecular flexibility index (Phi) is 3.77. The maximum Gasteiger partial charge on any atom is 0.262 e. The van der Waals surface area contributed by atoms with Crippen LogP contribution in [-0.2, 0) is 0 Å². The fraction of sp³-hybridized carbons (Fsp3) is 0.0714. The molecule has 0 bridgehead atoms. The van der Waals surface area contributed by atoms with E-state index in [1.165, 1.54) is 7.11 Å². The largest absolute Gasteiger partial charge is 0.494 e. The SMILES string of the molecule is COc1cc(Br)cc(Br)c1-n1c(N)c2c(cc1=O)C(=O)NC2=O. The van der Waals surface area contributed by atoms with Gasteiger partial charge in [-0.2, -0.15) is 0 Å². The molecule has 2 aromatic rings. The molecule has 0 saturated heterocycles. The molecular weight excluding hydrogens is 434 g/mol. The van der Waals surface area contributed by atoms with Gasteiger partial charge in [0.2, 0.25) is 0 Å². The van der Waals surface area contributed by atoms with Crippen LogP contribution in [0.5, 0.6) is 5.75 Å². The molecule has 0 radical (unpaired) electrons. The summed E-state index contributed by atoms with van der Waals surface area (Å²) in [5.74, 6) is -1.03. The Labute approximate surface area is 146 Å². The zero-order valence-corrected chi connectivity index (χ0v) is 14.8. The number of anilines is 1. The van der Waals surface area contributed by atoms with Crippen LogP contribution in [0.3, 0.4) is 0 Å². The topological polar surface area (TPSA) is 103 Å². The lowest BCUT2D eigenvalue weighted by Crippen LogP contribution is -2.24. The van der Waals surface area contributed by atoms with Crippen molar-refractivity contribution in [3.05, 3.63) is 48.6 Å². The average Bonchev–Trinajstić information content (AvgIpc) is 2.75. The molecule has 118 valence electrons. The number of hydrogen-bond donors (Lipinski definition) is 2. The van der Waals surface area contributed by atoms with Crippen LogP contribution < -0.4 is 21.3 Å². The number of aromatic nitrogens is 1. The highest BCUT2D eigenvalue weighted by molar-refractivity contribution is 9.11. The lowest BCUT2D eigenvalue weighted by atomic mass is 10.1. The number of halogens is 2. The fourth-order valence-corrected chi connectivity index (χ4v) is 3.79. The predicted molar refractivity (Wildman–Crippen MR) is 90.2 cm³/mol. The number of nitrogens with two attached hydrogens (primary N) is 1. The standard InChI is InChI=1S/C14H9Br2N3O4/c1-23-8-3-5(15)2-7(16)11(8)19-9(20)4-6-10(12(19)17)14(22)18-13(6)21/h2-4H,17H2,1H3,(H,18,21,22). The molecule has 0 aliphatic carbocycles. The lowest BCUT2D eigenvalue weighted by Gasteiger charge is -2.17. The van der Waals surface area contributed by atoms with Gasteiger partial charge >= 0.3 is 0 Å². The van der Waals surface area contributed by atoms with E-state index in [9.17, 15) is 14.4 Å². The number of methoxy groups -OCH3 is 1. The quantitative estimate of drug-likeness (QED) is 0.690. The Morgan fingerprint density at radius 3 is 2.48 bits per heavy atom. The number of carbonyl (C=O) groups is 2. The second kappa shape index (κ2) is 5.50. The third-order valence-electron chi connectivity index (χ3n) is 3.39. The number of benzene rings is 1. The molecule has 1 aliphatic rings. The normalized spacial score (nSPS) is 13.0. The van der Waals surface area contributed by atoms with Crippen molar-refractivity contribution < 1.29 is 14.3 Å². The van der Waals surface area contributed by atoms with Crippen LogP contribution in [-0.4, -0.2) is 23.5 Å². The minimum absolute atomic E-state index is 0.0218. The van der Waals surface area contributed by atoms with Gasteiger partial charge in [-0.05, 0) is 28.1 Å². The molecule has 1 aliphatic heterocycles. The van der Waals surface area contributed by atoms with Crippen LogP contribution in [0.25, 0.3) is 5.69 Å².